The molecule has 39 heavy (non-hydrogen) atoms. The Morgan fingerprint density at radius 3 is 2.44 bits per heavy atom. The lowest BCUT2D eigenvalue weighted by molar-refractivity contribution is 0.0815. The number of benzene rings is 1. The van der Waals surface area contributed by atoms with Gasteiger partial charge >= 0.3 is 0 Å². The van der Waals surface area contributed by atoms with Gasteiger partial charge in [-0.2, -0.15) is 5.10 Å². The molecular formula is C29H37N9S. The zero-order chi connectivity index (χ0) is 26.3. The summed E-state index contributed by atoms with van der Waals surface area (Å²) in [6.07, 6.45) is 11.0. The van der Waals surface area contributed by atoms with E-state index < -0.39 is 0 Å². The number of hydrogen-bond donors (Lipinski definition) is 2. The topological polar surface area (TPSA) is 101 Å². The maximum atomic E-state index is 6.41. The Kier molecular flexibility index (Phi) is 6.70. The van der Waals surface area contributed by atoms with E-state index in [1.807, 2.05) is 0 Å². The number of likely N-dealkylation sites (N-methyl/N-ethyl adjacent to an activating group) is 1. The van der Waals surface area contributed by atoms with Crippen LogP contribution in [0.5, 0.6) is 0 Å². The lowest BCUT2D eigenvalue weighted by Gasteiger charge is -2.41. The highest BCUT2D eigenvalue weighted by Gasteiger charge is 2.30. The first-order valence-corrected chi connectivity index (χ1v) is 15.2. The second kappa shape index (κ2) is 10.5. The summed E-state index contributed by atoms with van der Waals surface area (Å²) >= 11 is 1.79. The van der Waals surface area contributed by atoms with Crippen molar-refractivity contribution in [1.29, 1.82) is 0 Å². The number of nitrogens with zero attached hydrogens (tertiary/aromatic N) is 7. The Morgan fingerprint density at radius 2 is 1.67 bits per heavy atom. The minimum absolute atomic E-state index is 0.330. The molecule has 1 aliphatic heterocycles. The standard InChI is InChI=1S/C29H37N9S/c1-36-14-16-37(17-15-36)21-10-12-22(13-11-21)38-28-25(27(30)31-18-32-28)26(35-38)19-6-8-20(9-7-19)33-29-34-23-4-2-3-5-24(23)39-29/h6-9,18,21-22H,2-5,10-17H2,1H3,(H,33,34)(H2,30,31,32)/t21-,22+. The van der Waals surface area contributed by atoms with Crippen LogP contribution in [-0.2, 0) is 12.8 Å². The van der Waals surface area contributed by atoms with Gasteiger partial charge in [-0.1, -0.05) is 12.1 Å². The molecule has 3 aromatic heterocycles. The van der Waals surface area contributed by atoms with E-state index in [0.717, 1.165) is 58.8 Å². The van der Waals surface area contributed by atoms with Crippen LogP contribution in [-0.4, -0.2) is 73.8 Å². The molecule has 0 atom stereocenters. The van der Waals surface area contributed by atoms with Crippen LogP contribution in [0.3, 0.4) is 0 Å². The molecule has 1 saturated heterocycles. The van der Waals surface area contributed by atoms with Crippen LogP contribution in [0.15, 0.2) is 30.6 Å². The Bertz CT molecular complexity index is 1420. The number of piperazine rings is 1. The molecular weight excluding hydrogens is 506 g/mol. The number of nitrogen functional groups attached to an aromatic ring is 1. The lowest BCUT2D eigenvalue weighted by Crippen LogP contribution is -2.49. The highest BCUT2D eigenvalue weighted by atomic mass is 32.1. The first-order chi connectivity index (χ1) is 19.1. The van der Waals surface area contributed by atoms with Gasteiger partial charge in [-0.3, -0.25) is 4.90 Å². The van der Waals surface area contributed by atoms with Crippen molar-refractivity contribution in [2.45, 2.75) is 63.5 Å². The summed E-state index contributed by atoms with van der Waals surface area (Å²) in [6.45, 7) is 4.70. The van der Waals surface area contributed by atoms with Gasteiger partial charge in [-0.05, 0) is 70.5 Å². The second-order valence-electron chi connectivity index (χ2n) is 11.4. The van der Waals surface area contributed by atoms with Gasteiger partial charge in [-0.15, -0.1) is 11.3 Å². The quantitative estimate of drug-likeness (QED) is 0.367. The number of aromatic nitrogens is 5. The van der Waals surface area contributed by atoms with Crippen LogP contribution >= 0.6 is 11.3 Å². The molecule has 0 radical (unpaired) electrons. The molecule has 2 aliphatic carbocycles. The molecule has 0 bridgehead atoms. The summed E-state index contributed by atoms with van der Waals surface area (Å²) in [6, 6.07) is 9.43. The predicted octanol–water partition coefficient (Wildman–Crippen LogP) is 4.89. The van der Waals surface area contributed by atoms with Crippen molar-refractivity contribution in [2.24, 2.45) is 0 Å². The number of nitrogens with two attached hydrogens (primary N) is 1. The first kappa shape index (κ1) is 24.9. The molecule has 3 aliphatic rings. The number of nitrogens with one attached hydrogen (secondary N) is 1. The molecule has 2 fully saturated rings. The summed E-state index contributed by atoms with van der Waals surface area (Å²) in [4.78, 5) is 20.4. The van der Waals surface area contributed by atoms with E-state index >= 15 is 0 Å². The SMILES string of the molecule is CN1CCN([C@H]2CC[C@@H](n3nc(-c4ccc(Nc5nc6c(s5)CCCC6)cc4)c4c(N)ncnc43)CC2)CC1. The molecule has 204 valence electrons. The highest BCUT2D eigenvalue weighted by molar-refractivity contribution is 7.15. The normalized spacial score (nSPS) is 22.7. The number of rotatable bonds is 5. The average molecular weight is 544 g/mol. The maximum Gasteiger partial charge on any atom is 0.187 e. The third-order valence-electron chi connectivity index (χ3n) is 8.84. The van der Waals surface area contributed by atoms with Gasteiger partial charge in [0.15, 0.2) is 10.8 Å². The van der Waals surface area contributed by atoms with Crippen molar-refractivity contribution in [2.75, 3.05) is 44.3 Å². The first-order valence-electron chi connectivity index (χ1n) is 14.4. The molecule has 1 aromatic carbocycles. The average Bonchev–Trinajstić information content (AvgIpc) is 3.56. The van der Waals surface area contributed by atoms with Gasteiger partial charge in [0.2, 0.25) is 0 Å². The van der Waals surface area contributed by atoms with E-state index in [-0.39, 0.29) is 0 Å². The summed E-state index contributed by atoms with van der Waals surface area (Å²) in [5.41, 5.74) is 11.4. The molecule has 4 heterocycles. The van der Waals surface area contributed by atoms with Crippen molar-refractivity contribution in [3.8, 4) is 11.3 Å². The molecule has 0 amide bonds. The van der Waals surface area contributed by atoms with E-state index in [4.69, 9.17) is 15.8 Å². The zero-order valence-electron chi connectivity index (χ0n) is 22.6. The lowest BCUT2D eigenvalue weighted by atomic mass is 9.90. The zero-order valence-corrected chi connectivity index (χ0v) is 23.5. The van der Waals surface area contributed by atoms with Crippen molar-refractivity contribution < 1.29 is 0 Å². The minimum Gasteiger partial charge on any atom is -0.383 e. The summed E-state index contributed by atoms with van der Waals surface area (Å²) in [5, 5.41) is 10.5. The fourth-order valence-electron chi connectivity index (χ4n) is 6.55. The Hall–Kier alpha value is -3.08. The summed E-state index contributed by atoms with van der Waals surface area (Å²) < 4.78 is 2.13. The molecule has 0 spiro atoms. The predicted molar refractivity (Wildman–Crippen MR) is 158 cm³/mol. The smallest absolute Gasteiger partial charge is 0.187 e. The van der Waals surface area contributed by atoms with Gasteiger partial charge in [0.25, 0.3) is 0 Å². The van der Waals surface area contributed by atoms with E-state index in [2.05, 4.69) is 61.1 Å². The van der Waals surface area contributed by atoms with Gasteiger partial charge in [0, 0.05) is 48.3 Å². The fraction of sp³-hybridized carbons (Fsp3) is 0.517. The fourth-order valence-corrected chi connectivity index (χ4v) is 7.62. The molecule has 0 unspecified atom stereocenters. The number of aryl methyl sites for hydroxylation is 2. The maximum absolute atomic E-state index is 6.41. The molecule has 4 aromatic rings. The van der Waals surface area contributed by atoms with Crippen LogP contribution in [0, 0.1) is 0 Å². The van der Waals surface area contributed by atoms with Crippen LogP contribution in [0.1, 0.15) is 55.1 Å². The highest BCUT2D eigenvalue weighted by Crippen LogP contribution is 2.38. The van der Waals surface area contributed by atoms with E-state index in [0.29, 0.717) is 17.9 Å². The number of hydrogen-bond acceptors (Lipinski definition) is 9. The Balaban J connectivity index is 1.11. The van der Waals surface area contributed by atoms with Crippen molar-refractivity contribution >= 4 is 39.0 Å². The van der Waals surface area contributed by atoms with Gasteiger partial charge in [-0.25, -0.2) is 19.6 Å². The largest absolute Gasteiger partial charge is 0.383 e. The van der Waals surface area contributed by atoms with Crippen molar-refractivity contribution in [3.05, 3.63) is 41.2 Å². The second-order valence-corrected chi connectivity index (χ2v) is 12.4. The minimum atomic E-state index is 0.330. The van der Waals surface area contributed by atoms with E-state index in [1.54, 1.807) is 17.7 Å². The molecule has 9 nitrogen and oxygen atoms in total. The third kappa shape index (κ3) is 4.90. The number of anilines is 3. The molecule has 7 rings (SSSR count). The van der Waals surface area contributed by atoms with Crippen LogP contribution in [0.4, 0.5) is 16.6 Å². The van der Waals surface area contributed by atoms with Crippen molar-refractivity contribution in [3.63, 3.8) is 0 Å². The van der Waals surface area contributed by atoms with E-state index in [1.165, 1.54) is 62.4 Å². The molecule has 10 heteroatoms. The van der Waals surface area contributed by atoms with E-state index in [9.17, 15) is 0 Å². The van der Waals surface area contributed by atoms with Gasteiger partial charge in [0.05, 0.1) is 17.1 Å². The summed E-state index contributed by atoms with van der Waals surface area (Å²) in [5.74, 6) is 0.489. The summed E-state index contributed by atoms with van der Waals surface area (Å²) in [7, 11) is 2.22. The Morgan fingerprint density at radius 1 is 0.923 bits per heavy atom. The van der Waals surface area contributed by atoms with Crippen LogP contribution < -0.4 is 11.1 Å². The van der Waals surface area contributed by atoms with Crippen LogP contribution in [0.25, 0.3) is 22.3 Å². The third-order valence-corrected chi connectivity index (χ3v) is 9.91. The Labute approximate surface area is 233 Å². The number of fused-ring (bicyclic) bond motifs is 2. The van der Waals surface area contributed by atoms with Gasteiger partial charge in [0.1, 0.15) is 17.8 Å². The van der Waals surface area contributed by atoms with Crippen molar-refractivity contribution in [1.82, 2.24) is 34.5 Å². The number of thiazole rings is 1. The monoisotopic (exact) mass is 543 g/mol. The van der Waals surface area contributed by atoms with Gasteiger partial charge < -0.3 is 16.0 Å². The molecule has 1 saturated carbocycles. The molecule has 3 N–H and O–H groups in total. The van der Waals surface area contributed by atoms with Crippen LogP contribution in [0.2, 0.25) is 0 Å².